The predicted molar refractivity (Wildman–Crippen MR) is 119 cm³/mol. The minimum absolute atomic E-state index is 0.205. The number of halogens is 2. The van der Waals surface area contributed by atoms with Gasteiger partial charge >= 0.3 is 0 Å². The Hall–Kier alpha value is -3.67. The zero-order valence-electron chi connectivity index (χ0n) is 17.4. The van der Waals surface area contributed by atoms with Crippen LogP contribution in [0.25, 0.3) is 5.70 Å². The first-order valence-corrected chi connectivity index (χ1v) is 9.95. The van der Waals surface area contributed by atoms with E-state index in [4.69, 9.17) is 4.74 Å². The molecule has 3 rings (SSSR count). The van der Waals surface area contributed by atoms with E-state index in [1.165, 1.54) is 6.21 Å². The van der Waals surface area contributed by atoms with Gasteiger partial charge in [0, 0.05) is 18.2 Å². The maximum atomic E-state index is 13.5. The minimum Gasteiger partial charge on any atom is -0.503 e. The Morgan fingerprint density at radius 3 is 2.35 bits per heavy atom. The first-order valence-electron chi connectivity index (χ1n) is 9.95. The number of phenols is 1. The molecule has 4 nitrogen and oxygen atoms in total. The molecule has 0 atom stereocenters. The number of phenolic OH excluding ortho intramolecular Hbond substituents is 1. The average Bonchev–Trinajstić information content (AvgIpc) is 2.78. The van der Waals surface area contributed by atoms with Gasteiger partial charge in [0.05, 0.1) is 5.70 Å². The van der Waals surface area contributed by atoms with Gasteiger partial charge in [-0.25, -0.2) is 8.78 Å². The van der Waals surface area contributed by atoms with E-state index < -0.39 is 17.4 Å². The van der Waals surface area contributed by atoms with Gasteiger partial charge in [-0.3, -0.25) is 5.43 Å². The number of allylic oxidation sites excluding steroid dienone is 1. The third-order valence-corrected chi connectivity index (χ3v) is 4.73. The van der Waals surface area contributed by atoms with Gasteiger partial charge in [0.2, 0.25) is 0 Å². The van der Waals surface area contributed by atoms with Crippen molar-refractivity contribution in [3.8, 4) is 17.2 Å². The van der Waals surface area contributed by atoms with Crippen LogP contribution < -0.4 is 10.2 Å². The summed E-state index contributed by atoms with van der Waals surface area (Å²) in [6.45, 7) is 4.06. The van der Waals surface area contributed by atoms with Crippen LogP contribution in [0.5, 0.6) is 17.2 Å². The maximum Gasteiger partial charge on any atom is 0.187 e. The molecule has 0 bridgehead atoms. The van der Waals surface area contributed by atoms with Gasteiger partial charge in [0.1, 0.15) is 11.5 Å². The van der Waals surface area contributed by atoms with Crippen molar-refractivity contribution >= 4 is 11.9 Å². The summed E-state index contributed by atoms with van der Waals surface area (Å²) < 4.78 is 32.9. The molecule has 0 aliphatic heterocycles. The third-order valence-electron chi connectivity index (χ3n) is 4.73. The standard InChI is InChI=1S/C25H24F2N2O2/c1-3-17(2)24(29-28-13-12-18-14-22(26)25(30)23(27)15-18)19-8-7-11-21(16-19)31-20-9-5-4-6-10-20/h4-11,13-16,29-30H,3,12H2,1-2H3/b24-17-,28-13+. The van der Waals surface area contributed by atoms with Crippen molar-refractivity contribution < 1.29 is 18.6 Å². The molecule has 2 N–H and O–H groups in total. The lowest BCUT2D eigenvalue weighted by molar-refractivity contribution is 0.395. The molecule has 160 valence electrons. The summed E-state index contributed by atoms with van der Waals surface area (Å²) >= 11 is 0. The summed E-state index contributed by atoms with van der Waals surface area (Å²) in [5.41, 5.74) is 6.25. The van der Waals surface area contributed by atoms with Crippen LogP contribution in [-0.4, -0.2) is 11.3 Å². The smallest absolute Gasteiger partial charge is 0.187 e. The molecule has 3 aromatic carbocycles. The fraction of sp³-hybridized carbons (Fsp3) is 0.160. The van der Waals surface area contributed by atoms with Crippen molar-refractivity contribution in [2.24, 2.45) is 5.10 Å². The highest BCUT2D eigenvalue weighted by Gasteiger charge is 2.09. The normalized spacial score (nSPS) is 12.0. The molecular weight excluding hydrogens is 398 g/mol. The topological polar surface area (TPSA) is 53.9 Å². The summed E-state index contributed by atoms with van der Waals surface area (Å²) in [4.78, 5) is 0. The van der Waals surface area contributed by atoms with Crippen LogP contribution in [0.4, 0.5) is 8.78 Å². The van der Waals surface area contributed by atoms with E-state index in [2.05, 4.69) is 10.5 Å². The van der Waals surface area contributed by atoms with Crippen LogP contribution in [0.15, 0.2) is 77.4 Å². The number of nitrogens with one attached hydrogen (secondary N) is 1. The van der Waals surface area contributed by atoms with Gasteiger partial charge < -0.3 is 9.84 Å². The summed E-state index contributed by atoms with van der Waals surface area (Å²) in [7, 11) is 0. The largest absolute Gasteiger partial charge is 0.503 e. The number of hydrogen-bond acceptors (Lipinski definition) is 4. The molecule has 0 heterocycles. The Morgan fingerprint density at radius 2 is 1.68 bits per heavy atom. The maximum absolute atomic E-state index is 13.5. The molecule has 0 saturated carbocycles. The third kappa shape index (κ3) is 5.92. The molecule has 3 aromatic rings. The highest BCUT2D eigenvalue weighted by Crippen LogP contribution is 2.26. The molecule has 6 heteroatoms. The van der Waals surface area contributed by atoms with Gasteiger partial charge in [-0.2, -0.15) is 5.10 Å². The van der Waals surface area contributed by atoms with Crippen LogP contribution in [0.2, 0.25) is 0 Å². The zero-order valence-corrected chi connectivity index (χ0v) is 17.4. The summed E-state index contributed by atoms with van der Waals surface area (Å²) in [5, 5.41) is 13.4. The molecule has 0 amide bonds. The molecular formula is C25H24F2N2O2. The highest BCUT2D eigenvalue weighted by molar-refractivity contribution is 5.69. The fourth-order valence-electron chi connectivity index (χ4n) is 2.92. The SMILES string of the molecule is CC/C(C)=C(\N/N=C/Cc1cc(F)c(O)c(F)c1)c1cccc(Oc2ccccc2)c1. The minimum atomic E-state index is -0.992. The molecule has 0 saturated heterocycles. The first kappa shape index (κ1) is 22.0. The Labute approximate surface area is 180 Å². The second kappa shape index (κ2) is 10.4. The lowest BCUT2D eigenvalue weighted by atomic mass is 10.1. The zero-order chi connectivity index (χ0) is 22.2. The Morgan fingerprint density at radius 1 is 1.00 bits per heavy atom. The van der Waals surface area contributed by atoms with E-state index >= 15 is 0 Å². The van der Waals surface area contributed by atoms with Crippen molar-refractivity contribution in [2.75, 3.05) is 0 Å². The van der Waals surface area contributed by atoms with Crippen molar-refractivity contribution in [1.29, 1.82) is 0 Å². The first-order chi connectivity index (χ1) is 15.0. The van der Waals surface area contributed by atoms with E-state index in [1.54, 1.807) is 0 Å². The second-order valence-corrected chi connectivity index (χ2v) is 6.99. The highest BCUT2D eigenvalue weighted by atomic mass is 19.1. The Bertz CT molecular complexity index is 1070. The number of benzene rings is 3. The Balaban J connectivity index is 1.74. The molecule has 0 aliphatic carbocycles. The molecule has 0 aromatic heterocycles. The van der Waals surface area contributed by atoms with Crippen molar-refractivity contribution in [3.63, 3.8) is 0 Å². The average molecular weight is 422 g/mol. The van der Waals surface area contributed by atoms with E-state index in [9.17, 15) is 13.9 Å². The van der Waals surface area contributed by atoms with Crippen molar-refractivity contribution in [1.82, 2.24) is 5.43 Å². The van der Waals surface area contributed by atoms with Crippen LogP contribution in [0.3, 0.4) is 0 Å². The molecule has 0 fully saturated rings. The van der Waals surface area contributed by atoms with E-state index in [0.717, 1.165) is 41.1 Å². The second-order valence-electron chi connectivity index (χ2n) is 6.99. The van der Waals surface area contributed by atoms with E-state index in [1.807, 2.05) is 68.4 Å². The number of para-hydroxylation sites is 1. The molecule has 31 heavy (non-hydrogen) atoms. The van der Waals surface area contributed by atoms with Gasteiger partial charge in [0.25, 0.3) is 0 Å². The van der Waals surface area contributed by atoms with Crippen molar-refractivity contribution in [2.45, 2.75) is 26.7 Å². The summed E-state index contributed by atoms with van der Waals surface area (Å²) in [6.07, 6.45) is 2.55. The van der Waals surface area contributed by atoms with Gasteiger partial charge in [0.15, 0.2) is 17.4 Å². The molecule has 0 spiro atoms. The van der Waals surface area contributed by atoms with Gasteiger partial charge in [-0.05, 0) is 60.9 Å². The number of hydrazone groups is 1. The van der Waals surface area contributed by atoms with E-state index in [-0.39, 0.29) is 6.42 Å². The molecule has 0 aliphatic rings. The number of aromatic hydroxyl groups is 1. The van der Waals surface area contributed by atoms with Crippen LogP contribution in [-0.2, 0) is 6.42 Å². The van der Waals surface area contributed by atoms with Gasteiger partial charge in [-0.15, -0.1) is 0 Å². The molecule has 0 unspecified atom stereocenters. The van der Waals surface area contributed by atoms with Crippen LogP contribution in [0.1, 0.15) is 31.4 Å². The van der Waals surface area contributed by atoms with Crippen LogP contribution in [0, 0.1) is 11.6 Å². The molecule has 0 radical (unpaired) electrons. The number of hydrogen-bond donors (Lipinski definition) is 2. The summed E-state index contributed by atoms with van der Waals surface area (Å²) in [5.74, 6) is -1.51. The monoisotopic (exact) mass is 422 g/mol. The predicted octanol–water partition coefficient (Wildman–Crippen LogP) is 6.42. The van der Waals surface area contributed by atoms with Gasteiger partial charge in [-0.1, -0.05) is 37.3 Å². The number of ether oxygens (including phenoxy) is 1. The lowest BCUT2D eigenvalue weighted by Gasteiger charge is -2.13. The Kier molecular flexibility index (Phi) is 7.38. The lowest BCUT2D eigenvalue weighted by Crippen LogP contribution is -2.08. The number of rotatable bonds is 8. The summed E-state index contributed by atoms with van der Waals surface area (Å²) in [6, 6.07) is 19.4. The number of nitrogens with zero attached hydrogens (tertiary/aromatic N) is 1. The quantitative estimate of drug-likeness (QED) is 0.325. The van der Waals surface area contributed by atoms with Crippen LogP contribution >= 0.6 is 0 Å². The fourth-order valence-corrected chi connectivity index (χ4v) is 2.92. The van der Waals surface area contributed by atoms with E-state index in [0.29, 0.717) is 11.3 Å². The van der Waals surface area contributed by atoms with Crippen molar-refractivity contribution in [3.05, 3.63) is 95.1 Å².